The van der Waals surface area contributed by atoms with Gasteiger partial charge in [0.25, 0.3) is 0 Å². The van der Waals surface area contributed by atoms with Gasteiger partial charge in [0.15, 0.2) is 0 Å². The van der Waals surface area contributed by atoms with Gasteiger partial charge >= 0.3 is 0 Å². The van der Waals surface area contributed by atoms with Crippen LogP contribution in [0.15, 0.2) is 24.3 Å². The van der Waals surface area contributed by atoms with Crippen molar-refractivity contribution in [3.8, 4) is 0 Å². The van der Waals surface area contributed by atoms with Crippen LogP contribution in [-0.4, -0.2) is 11.9 Å². The van der Waals surface area contributed by atoms with Crippen molar-refractivity contribution >= 4 is 5.91 Å². The van der Waals surface area contributed by atoms with Crippen molar-refractivity contribution in [1.29, 1.82) is 0 Å². The highest BCUT2D eigenvalue weighted by Gasteiger charge is 2.20. The molecule has 1 atom stereocenters. The average Bonchev–Trinajstić information content (AvgIpc) is 2.47. The van der Waals surface area contributed by atoms with E-state index in [-0.39, 0.29) is 11.7 Å². The van der Waals surface area contributed by atoms with E-state index in [2.05, 4.69) is 5.32 Å². The summed E-state index contributed by atoms with van der Waals surface area (Å²) >= 11 is 0. The molecule has 1 aromatic rings. The lowest BCUT2D eigenvalue weighted by atomic mass is 9.85. The molecule has 0 saturated heterocycles. The van der Waals surface area contributed by atoms with Crippen molar-refractivity contribution in [2.24, 2.45) is 11.7 Å². The van der Waals surface area contributed by atoms with Gasteiger partial charge in [0.05, 0.1) is 6.04 Å². The molecule has 3 nitrogen and oxygen atoms in total. The Morgan fingerprint density at radius 2 is 1.90 bits per heavy atom. The molecular formula is C16H23FN2O. The van der Waals surface area contributed by atoms with Crippen LogP contribution in [0, 0.1) is 11.7 Å². The van der Waals surface area contributed by atoms with Crippen LogP contribution in [0.1, 0.15) is 44.1 Å². The van der Waals surface area contributed by atoms with Gasteiger partial charge in [-0.1, -0.05) is 44.2 Å². The Labute approximate surface area is 119 Å². The molecule has 1 aromatic carbocycles. The summed E-state index contributed by atoms with van der Waals surface area (Å²) in [5.41, 5.74) is 6.84. The minimum absolute atomic E-state index is 0.111. The maximum atomic E-state index is 12.8. The van der Waals surface area contributed by atoms with Gasteiger partial charge in [-0.25, -0.2) is 4.39 Å². The predicted octanol–water partition coefficient (Wildman–Crippen LogP) is 2.74. The lowest BCUT2D eigenvalue weighted by molar-refractivity contribution is -0.122. The van der Waals surface area contributed by atoms with Crippen LogP contribution in [0.4, 0.5) is 4.39 Å². The van der Waals surface area contributed by atoms with E-state index >= 15 is 0 Å². The molecule has 1 aliphatic carbocycles. The van der Waals surface area contributed by atoms with Gasteiger partial charge < -0.3 is 11.1 Å². The van der Waals surface area contributed by atoms with Crippen LogP contribution >= 0.6 is 0 Å². The van der Waals surface area contributed by atoms with E-state index in [1.165, 1.54) is 44.2 Å². The quantitative estimate of drug-likeness (QED) is 0.870. The third kappa shape index (κ3) is 4.60. The van der Waals surface area contributed by atoms with E-state index < -0.39 is 6.04 Å². The predicted molar refractivity (Wildman–Crippen MR) is 77.4 cm³/mol. The third-order valence-corrected chi connectivity index (χ3v) is 4.03. The van der Waals surface area contributed by atoms with Crippen LogP contribution in [0.25, 0.3) is 0 Å². The molecular weight excluding hydrogens is 255 g/mol. The number of carbonyl (C=O) groups is 1. The Bertz CT molecular complexity index is 427. The summed E-state index contributed by atoms with van der Waals surface area (Å²) in [6.45, 7) is 0.400. The second-order valence-electron chi connectivity index (χ2n) is 5.69. The van der Waals surface area contributed by atoms with E-state index in [1.54, 1.807) is 12.1 Å². The normalized spacial score (nSPS) is 17.7. The van der Waals surface area contributed by atoms with Gasteiger partial charge in [0.2, 0.25) is 5.91 Å². The first-order valence-corrected chi connectivity index (χ1v) is 7.43. The molecule has 1 amide bonds. The van der Waals surface area contributed by atoms with Gasteiger partial charge in [-0.15, -0.1) is 0 Å². The average molecular weight is 278 g/mol. The summed E-state index contributed by atoms with van der Waals surface area (Å²) in [6, 6.07) is 5.69. The molecule has 1 fully saturated rings. The fourth-order valence-corrected chi connectivity index (χ4v) is 2.81. The van der Waals surface area contributed by atoms with Crippen LogP contribution in [0.3, 0.4) is 0 Å². The second kappa shape index (κ2) is 7.39. The standard InChI is InChI=1S/C16H23FN2O/c17-14-8-6-13(7-9-14)11-19-16(20)15(18)10-12-4-2-1-3-5-12/h6-9,12,15H,1-5,10-11,18H2,(H,19,20). The highest BCUT2D eigenvalue weighted by molar-refractivity contribution is 5.81. The molecule has 0 heterocycles. The minimum atomic E-state index is -0.432. The first-order valence-electron chi connectivity index (χ1n) is 7.43. The second-order valence-corrected chi connectivity index (χ2v) is 5.69. The van der Waals surface area contributed by atoms with Gasteiger partial charge in [-0.05, 0) is 30.0 Å². The van der Waals surface area contributed by atoms with Gasteiger partial charge in [-0.2, -0.15) is 0 Å². The Balaban J connectivity index is 1.74. The molecule has 4 heteroatoms. The van der Waals surface area contributed by atoms with Crippen molar-refractivity contribution in [2.75, 3.05) is 0 Å². The zero-order chi connectivity index (χ0) is 14.4. The maximum Gasteiger partial charge on any atom is 0.237 e. The number of hydrogen-bond donors (Lipinski definition) is 2. The van der Waals surface area contributed by atoms with E-state index in [0.717, 1.165) is 12.0 Å². The summed E-state index contributed by atoms with van der Waals surface area (Å²) in [5.74, 6) is 0.212. The van der Waals surface area contributed by atoms with E-state index in [9.17, 15) is 9.18 Å². The zero-order valence-electron chi connectivity index (χ0n) is 11.8. The monoisotopic (exact) mass is 278 g/mol. The lowest BCUT2D eigenvalue weighted by Crippen LogP contribution is -2.41. The van der Waals surface area contributed by atoms with Crippen molar-refractivity contribution < 1.29 is 9.18 Å². The lowest BCUT2D eigenvalue weighted by Gasteiger charge is -2.24. The molecule has 2 rings (SSSR count). The van der Waals surface area contributed by atoms with Crippen LogP contribution in [0.5, 0.6) is 0 Å². The van der Waals surface area contributed by atoms with Crippen molar-refractivity contribution in [1.82, 2.24) is 5.32 Å². The SMILES string of the molecule is NC(CC1CCCCC1)C(=O)NCc1ccc(F)cc1. The molecule has 0 bridgehead atoms. The fourth-order valence-electron chi connectivity index (χ4n) is 2.81. The molecule has 3 N–H and O–H groups in total. The maximum absolute atomic E-state index is 12.8. The van der Waals surface area contributed by atoms with Crippen LogP contribution < -0.4 is 11.1 Å². The Hall–Kier alpha value is -1.42. The molecule has 0 aliphatic heterocycles. The number of nitrogens with one attached hydrogen (secondary N) is 1. The van der Waals surface area contributed by atoms with Crippen molar-refractivity contribution in [3.63, 3.8) is 0 Å². The number of hydrogen-bond acceptors (Lipinski definition) is 2. The van der Waals surface area contributed by atoms with Gasteiger partial charge in [0.1, 0.15) is 5.82 Å². The Morgan fingerprint density at radius 1 is 1.25 bits per heavy atom. The summed E-state index contributed by atoms with van der Waals surface area (Å²) in [5, 5.41) is 2.82. The molecule has 1 aliphatic rings. The van der Waals surface area contributed by atoms with Gasteiger partial charge in [0, 0.05) is 6.54 Å². The molecule has 0 spiro atoms. The van der Waals surface area contributed by atoms with E-state index in [1.807, 2.05) is 0 Å². The van der Waals surface area contributed by atoms with Crippen LogP contribution in [0.2, 0.25) is 0 Å². The number of halogens is 1. The molecule has 1 saturated carbocycles. The number of nitrogens with two attached hydrogens (primary N) is 1. The molecule has 110 valence electrons. The van der Waals surface area contributed by atoms with Crippen LogP contribution in [-0.2, 0) is 11.3 Å². The molecule has 20 heavy (non-hydrogen) atoms. The third-order valence-electron chi connectivity index (χ3n) is 4.03. The highest BCUT2D eigenvalue weighted by atomic mass is 19.1. The van der Waals surface area contributed by atoms with E-state index in [0.29, 0.717) is 12.5 Å². The summed E-state index contributed by atoms with van der Waals surface area (Å²) in [6.07, 6.45) is 6.98. The van der Waals surface area contributed by atoms with Crippen molar-refractivity contribution in [3.05, 3.63) is 35.6 Å². The molecule has 0 aromatic heterocycles. The largest absolute Gasteiger partial charge is 0.351 e. The Kier molecular flexibility index (Phi) is 5.53. The number of carbonyl (C=O) groups excluding carboxylic acids is 1. The summed E-state index contributed by atoms with van der Waals surface area (Å²) in [4.78, 5) is 11.9. The smallest absolute Gasteiger partial charge is 0.237 e. The number of benzene rings is 1. The topological polar surface area (TPSA) is 55.1 Å². The molecule has 0 radical (unpaired) electrons. The van der Waals surface area contributed by atoms with Crippen molar-refractivity contribution in [2.45, 2.75) is 51.1 Å². The number of rotatable bonds is 5. The first-order chi connectivity index (χ1) is 9.65. The first kappa shape index (κ1) is 15.0. The van der Waals surface area contributed by atoms with E-state index in [4.69, 9.17) is 5.73 Å². The number of amides is 1. The minimum Gasteiger partial charge on any atom is -0.351 e. The highest BCUT2D eigenvalue weighted by Crippen LogP contribution is 2.26. The summed E-state index contributed by atoms with van der Waals surface area (Å²) in [7, 11) is 0. The summed E-state index contributed by atoms with van der Waals surface area (Å²) < 4.78 is 12.8. The zero-order valence-corrected chi connectivity index (χ0v) is 11.8. The fraction of sp³-hybridized carbons (Fsp3) is 0.562. The Morgan fingerprint density at radius 3 is 2.55 bits per heavy atom. The molecule has 1 unspecified atom stereocenters. The van der Waals surface area contributed by atoms with Gasteiger partial charge in [-0.3, -0.25) is 4.79 Å².